The molecule has 25 heavy (non-hydrogen) atoms. The van der Waals surface area contributed by atoms with E-state index in [1.54, 1.807) is 19.1 Å². The molecule has 0 amide bonds. The smallest absolute Gasteiger partial charge is 0.243 e. The van der Waals surface area contributed by atoms with Crippen LogP contribution in [0.2, 0.25) is 0 Å². The van der Waals surface area contributed by atoms with Crippen LogP contribution in [0, 0.1) is 12.8 Å². The van der Waals surface area contributed by atoms with Gasteiger partial charge in [-0.05, 0) is 43.4 Å². The summed E-state index contributed by atoms with van der Waals surface area (Å²) in [6.45, 7) is 6.42. The highest BCUT2D eigenvalue weighted by Gasteiger charge is 2.27. The minimum Gasteiger partial charge on any atom is -0.284 e. The molecule has 0 bridgehead atoms. The summed E-state index contributed by atoms with van der Waals surface area (Å²) < 4.78 is 54.3. The van der Waals surface area contributed by atoms with Gasteiger partial charge in [0.1, 0.15) is 0 Å². The van der Waals surface area contributed by atoms with Crippen molar-refractivity contribution in [3.63, 3.8) is 0 Å². The molecule has 1 aliphatic heterocycles. The van der Waals surface area contributed by atoms with Gasteiger partial charge in [0.05, 0.1) is 10.6 Å². The lowest BCUT2D eigenvalue weighted by Gasteiger charge is -2.21. The Labute approximate surface area is 151 Å². The van der Waals surface area contributed by atoms with E-state index in [9.17, 15) is 16.8 Å². The number of hydrogen-bond donors (Lipinski definition) is 1. The van der Waals surface area contributed by atoms with Gasteiger partial charge in [0.2, 0.25) is 20.0 Å². The third-order valence-electron chi connectivity index (χ3n) is 4.20. The molecule has 1 N–H and O–H groups in total. The van der Waals surface area contributed by atoms with Crippen LogP contribution in [0.4, 0.5) is 5.69 Å². The zero-order valence-electron chi connectivity index (χ0n) is 15.2. The number of hydrogen-bond acceptors (Lipinski definition) is 4. The molecule has 1 heterocycles. The lowest BCUT2D eigenvalue weighted by atomic mass is 10.2. The molecular formula is C17H28N2O4S2. The van der Waals surface area contributed by atoms with Crippen LogP contribution in [0.5, 0.6) is 0 Å². The second-order valence-electron chi connectivity index (χ2n) is 7.08. The second kappa shape index (κ2) is 8.05. The van der Waals surface area contributed by atoms with Crippen LogP contribution in [0.3, 0.4) is 0 Å². The molecule has 1 aromatic rings. The summed E-state index contributed by atoms with van der Waals surface area (Å²) in [5, 5.41) is 0. The van der Waals surface area contributed by atoms with Crippen molar-refractivity contribution in [1.29, 1.82) is 0 Å². The molecule has 0 atom stereocenters. The van der Waals surface area contributed by atoms with Crippen molar-refractivity contribution in [2.75, 3.05) is 23.6 Å². The largest absolute Gasteiger partial charge is 0.284 e. The highest BCUT2D eigenvalue weighted by molar-refractivity contribution is 7.92. The van der Waals surface area contributed by atoms with Gasteiger partial charge in [0.15, 0.2) is 0 Å². The zero-order valence-corrected chi connectivity index (χ0v) is 16.8. The second-order valence-corrected chi connectivity index (χ2v) is 10.7. The first-order valence-electron chi connectivity index (χ1n) is 8.73. The van der Waals surface area contributed by atoms with Gasteiger partial charge in [-0.15, -0.1) is 0 Å². The molecule has 6 nitrogen and oxygen atoms in total. The molecule has 1 aromatic carbocycles. The number of nitrogens with one attached hydrogen (secondary N) is 1. The molecule has 1 saturated heterocycles. The quantitative estimate of drug-likeness (QED) is 0.812. The van der Waals surface area contributed by atoms with Gasteiger partial charge >= 0.3 is 0 Å². The van der Waals surface area contributed by atoms with E-state index in [0.717, 1.165) is 25.7 Å². The van der Waals surface area contributed by atoms with Crippen molar-refractivity contribution in [2.45, 2.75) is 51.3 Å². The summed E-state index contributed by atoms with van der Waals surface area (Å²) in [7, 11) is -7.12. The fourth-order valence-corrected chi connectivity index (χ4v) is 6.24. The Balaban J connectivity index is 2.32. The topological polar surface area (TPSA) is 83.5 Å². The Morgan fingerprint density at radius 1 is 1.04 bits per heavy atom. The molecule has 0 unspecified atom stereocenters. The molecular weight excluding hydrogens is 360 g/mol. The Kier molecular flexibility index (Phi) is 6.51. The van der Waals surface area contributed by atoms with Gasteiger partial charge < -0.3 is 0 Å². The highest BCUT2D eigenvalue weighted by atomic mass is 32.2. The minimum absolute atomic E-state index is 0.00488. The number of anilines is 1. The SMILES string of the molecule is Cc1ccc(NS(=O)(=O)CC(C)C)cc1S(=O)(=O)N1CCCCCC1. The van der Waals surface area contributed by atoms with E-state index in [2.05, 4.69) is 4.72 Å². The maximum Gasteiger partial charge on any atom is 0.243 e. The predicted octanol–water partition coefficient (Wildman–Crippen LogP) is 2.96. The molecule has 0 aromatic heterocycles. The first kappa shape index (κ1) is 20.2. The molecule has 1 fully saturated rings. The van der Waals surface area contributed by atoms with Crippen LogP contribution in [0.1, 0.15) is 45.1 Å². The molecule has 1 aliphatic rings. The van der Waals surface area contributed by atoms with Gasteiger partial charge in [0, 0.05) is 18.8 Å². The summed E-state index contributed by atoms with van der Waals surface area (Å²) in [5.74, 6) is -0.0158. The lowest BCUT2D eigenvalue weighted by molar-refractivity contribution is 0.423. The highest BCUT2D eigenvalue weighted by Crippen LogP contribution is 2.26. The van der Waals surface area contributed by atoms with E-state index in [0.29, 0.717) is 24.3 Å². The number of nitrogens with zero attached hydrogens (tertiary/aromatic N) is 1. The number of rotatable bonds is 6. The predicted molar refractivity (Wildman–Crippen MR) is 101 cm³/mol. The normalized spacial score (nSPS) is 17.4. The average Bonchev–Trinajstić information content (AvgIpc) is 2.77. The molecule has 0 aliphatic carbocycles. The Bertz CT molecular complexity index is 794. The van der Waals surface area contributed by atoms with Crippen molar-refractivity contribution in [3.8, 4) is 0 Å². The number of sulfonamides is 2. The van der Waals surface area contributed by atoms with Crippen molar-refractivity contribution in [1.82, 2.24) is 4.31 Å². The van der Waals surface area contributed by atoms with Crippen LogP contribution < -0.4 is 4.72 Å². The Morgan fingerprint density at radius 2 is 1.64 bits per heavy atom. The summed E-state index contributed by atoms with van der Waals surface area (Å²) in [6.07, 6.45) is 3.80. The summed E-state index contributed by atoms with van der Waals surface area (Å²) in [6, 6.07) is 4.69. The van der Waals surface area contributed by atoms with Crippen molar-refractivity contribution >= 4 is 25.7 Å². The first-order chi connectivity index (χ1) is 11.6. The average molecular weight is 389 g/mol. The van der Waals surface area contributed by atoms with E-state index >= 15 is 0 Å². The summed E-state index contributed by atoms with van der Waals surface area (Å²) >= 11 is 0. The lowest BCUT2D eigenvalue weighted by Crippen LogP contribution is -2.32. The number of aryl methyl sites for hydroxylation is 1. The third-order valence-corrected chi connectivity index (χ3v) is 7.89. The fraction of sp³-hybridized carbons (Fsp3) is 0.647. The minimum atomic E-state index is -3.62. The van der Waals surface area contributed by atoms with Gasteiger partial charge in [-0.25, -0.2) is 16.8 Å². The molecule has 0 radical (unpaired) electrons. The van der Waals surface area contributed by atoms with Crippen LogP contribution >= 0.6 is 0 Å². The van der Waals surface area contributed by atoms with Gasteiger partial charge in [-0.3, -0.25) is 4.72 Å². The maximum atomic E-state index is 13.0. The fourth-order valence-electron chi connectivity index (χ4n) is 3.02. The van der Waals surface area contributed by atoms with E-state index < -0.39 is 20.0 Å². The van der Waals surface area contributed by atoms with Gasteiger partial charge in [0.25, 0.3) is 0 Å². The third kappa shape index (κ3) is 5.43. The molecule has 0 saturated carbocycles. The molecule has 0 spiro atoms. The first-order valence-corrected chi connectivity index (χ1v) is 11.8. The van der Waals surface area contributed by atoms with Crippen LogP contribution in [0.15, 0.2) is 23.1 Å². The van der Waals surface area contributed by atoms with Crippen molar-refractivity contribution in [3.05, 3.63) is 23.8 Å². The number of benzene rings is 1. The molecule has 2 rings (SSSR count). The monoisotopic (exact) mass is 388 g/mol. The molecule has 142 valence electrons. The summed E-state index contributed by atoms with van der Waals surface area (Å²) in [4.78, 5) is 0.180. The van der Waals surface area contributed by atoms with Crippen LogP contribution in [-0.4, -0.2) is 40.0 Å². The van der Waals surface area contributed by atoms with E-state index in [-0.39, 0.29) is 16.6 Å². The maximum absolute atomic E-state index is 13.0. The standard InChI is InChI=1S/C17H28N2O4S2/c1-14(2)13-24(20,21)18-16-9-8-15(3)17(12-16)25(22,23)19-10-6-4-5-7-11-19/h8-9,12,14,18H,4-7,10-11,13H2,1-3H3. The Hall–Kier alpha value is -1.12. The van der Waals surface area contributed by atoms with Crippen LogP contribution in [0.25, 0.3) is 0 Å². The Morgan fingerprint density at radius 3 is 2.20 bits per heavy atom. The van der Waals surface area contributed by atoms with Crippen molar-refractivity contribution < 1.29 is 16.8 Å². The van der Waals surface area contributed by atoms with Crippen LogP contribution in [-0.2, 0) is 20.0 Å². The molecule has 8 heteroatoms. The van der Waals surface area contributed by atoms with Gasteiger partial charge in [-0.1, -0.05) is 32.8 Å². The summed E-state index contributed by atoms with van der Waals surface area (Å²) in [5.41, 5.74) is 0.913. The van der Waals surface area contributed by atoms with E-state index in [4.69, 9.17) is 0 Å². The van der Waals surface area contributed by atoms with E-state index in [1.165, 1.54) is 10.4 Å². The zero-order chi connectivity index (χ0) is 18.7. The van der Waals surface area contributed by atoms with Crippen molar-refractivity contribution in [2.24, 2.45) is 5.92 Å². The van der Waals surface area contributed by atoms with Gasteiger partial charge in [-0.2, -0.15) is 4.31 Å². The van der Waals surface area contributed by atoms with E-state index in [1.807, 2.05) is 13.8 Å².